The van der Waals surface area contributed by atoms with Gasteiger partial charge in [-0.15, -0.1) is 0 Å². The summed E-state index contributed by atoms with van der Waals surface area (Å²) in [6, 6.07) is 27.5. The first-order valence-electron chi connectivity index (χ1n) is 19.4. The summed E-state index contributed by atoms with van der Waals surface area (Å²) in [6.07, 6.45) is 2.03. The summed E-state index contributed by atoms with van der Waals surface area (Å²) >= 11 is 0. The maximum Gasteiger partial charge on any atom is 0.238 e. The van der Waals surface area contributed by atoms with Crippen molar-refractivity contribution in [3.8, 4) is 0 Å². The van der Waals surface area contributed by atoms with E-state index >= 15 is 0 Å². The lowest BCUT2D eigenvalue weighted by atomic mass is 9.63. The van der Waals surface area contributed by atoms with Crippen LogP contribution in [-0.4, -0.2) is 35.4 Å². The van der Waals surface area contributed by atoms with E-state index in [-0.39, 0.29) is 71.0 Å². The number of rotatable bonds is 3. The summed E-state index contributed by atoms with van der Waals surface area (Å²) in [6.45, 7) is 0. The average Bonchev–Trinajstić information content (AvgIpc) is 4.07. The molecule has 9 nitrogen and oxygen atoms in total. The molecule has 12 atom stereocenters. The van der Waals surface area contributed by atoms with Crippen molar-refractivity contribution in [3.63, 3.8) is 0 Å². The number of nitrogens with zero attached hydrogens (tertiary/aromatic N) is 3. The molecule has 4 aromatic rings. The highest BCUT2D eigenvalue weighted by Gasteiger charge is 2.72. The van der Waals surface area contributed by atoms with Crippen LogP contribution in [0.25, 0.3) is 0 Å². The molecular weight excluding hydrogens is 679 g/mol. The predicted octanol–water partition coefficient (Wildman–Crippen LogP) is 5.86. The Morgan fingerprint density at radius 3 is 0.667 bits per heavy atom. The normalized spacial score (nSPS) is 36.8. The summed E-state index contributed by atoms with van der Waals surface area (Å²) in [7, 11) is 0. The predicted molar refractivity (Wildman–Crippen MR) is 194 cm³/mol. The minimum absolute atomic E-state index is 0.163. The average molecular weight is 712 g/mol. The van der Waals surface area contributed by atoms with E-state index in [0.717, 1.165) is 33.4 Å². The molecule has 3 saturated carbocycles. The fraction of sp³-hybridized carbons (Fsp3) is 0.333. The zero-order valence-corrected chi connectivity index (χ0v) is 29.0. The maximum atomic E-state index is 14.4. The Kier molecular flexibility index (Phi) is 5.33. The molecule has 9 heteroatoms. The lowest BCUT2D eigenvalue weighted by Gasteiger charge is -2.38. The number of imide groups is 3. The van der Waals surface area contributed by atoms with Gasteiger partial charge in [0.25, 0.3) is 0 Å². The number of benzene rings is 4. The van der Waals surface area contributed by atoms with Gasteiger partial charge >= 0.3 is 0 Å². The molecule has 0 N–H and O–H groups in total. The van der Waals surface area contributed by atoms with E-state index in [9.17, 15) is 28.8 Å². The van der Waals surface area contributed by atoms with Gasteiger partial charge < -0.3 is 0 Å². The van der Waals surface area contributed by atoms with Gasteiger partial charge in [-0.3, -0.25) is 43.5 Å². The topological polar surface area (TPSA) is 112 Å². The van der Waals surface area contributed by atoms with E-state index < -0.39 is 35.5 Å². The van der Waals surface area contributed by atoms with Gasteiger partial charge in [-0.1, -0.05) is 54.6 Å². The van der Waals surface area contributed by atoms with E-state index in [1.807, 2.05) is 91.0 Å². The molecule has 0 aromatic heterocycles. The lowest BCUT2D eigenvalue weighted by Crippen LogP contribution is -2.34. The molecule has 6 aliphatic carbocycles. The van der Waals surface area contributed by atoms with Gasteiger partial charge in [0.1, 0.15) is 0 Å². The van der Waals surface area contributed by atoms with Gasteiger partial charge in [-0.2, -0.15) is 0 Å². The van der Waals surface area contributed by atoms with Gasteiger partial charge in [0.2, 0.25) is 35.4 Å². The second-order valence-corrected chi connectivity index (χ2v) is 17.0. The van der Waals surface area contributed by atoms with Gasteiger partial charge in [-0.25, -0.2) is 0 Å². The Bertz CT molecular complexity index is 2090. The highest BCUT2D eigenvalue weighted by molar-refractivity contribution is 6.25. The molecule has 6 bridgehead atoms. The first-order chi connectivity index (χ1) is 26.4. The van der Waals surface area contributed by atoms with Crippen LogP contribution < -0.4 is 14.7 Å². The molecule has 13 rings (SSSR count). The molecule has 4 aromatic carbocycles. The van der Waals surface area contributed by atoms with Crippen LogP contribution in [0.5, 0.6) is 0 Å². The number of amides is 6. The highest BCUT2D eigenvalue weighted by Crippen LogP contribution is 2.76. The van der Waals surface area contributed by atoms with Crippen molar-refractivity contribution < 1.29 is 28.8 Å². The minimum Gasteiger partial charge on any atom is -0.274 e. The van der Waals surface area contributed by atoms with Crippen LogP contribution in [0.3, 0.4) is 0 Å². The first-order valence-corrected chi connectivity index (χ1v) is 19.4. The molecule has 9 aliphatic rings. The van der Waals surface area contributed by atoms with Crippen molar-refractivity contribution in [3.05, 3.63) is 124 Å². The van der Waals surface area contributed by atoms with Crippen LogP contribution in [0.1, 0.15) is 88.2 Å². The third-order valence-corrected chi connectivity index (χ3v) is 15.3. The molecule has 6 unspecified atom stereocenters. The third kappa shape index (κ3) is 3.13. The monoisotopic (exact) mass is 711 g/mol. The third-order valence-electron chi connectivity index (χ3n) is 15.3. The number of fused-ring (bicyclic) bond motifs is 27. The molecule has 3 aliphatic heterocycles. The minimum atomic E-state index is -0.497. The molecule has 3 saturated heterocycles. The molecule has 54 heavy (non-hydrogen) atoms. The van der Waals surface area contributed by atoms with Gasteiger partial charge in [0.15, 0.2) is 0 Å². The van der Waals surface area contributed by atoms with E-state index in [0.29, 0.717) is 36.3 Å². The first kappa shape index (κ1) is 29.7. The van der Waals surface area contributed by atoms with E-state index in [2.05, 4.69) is 0 Å². The van der Waals surface area contributed by atoms with Gasteiger partial charge in [0.05, 0.1) is 52.6 Å². The van der Waals surface area contributed by atoms with Crippen LogP contribution in [0.2, 0.25) is 0 Å². The van der Waals surface area contributed by atoms with Crippen LogP contribution in [0, 0.1) is 35.5 Å². The summed E-state index contributed by atoms with van der Waals surface area (Å²) in [5.74, 6) is -5.09. The van der Waals surface area contributed by atoms with Crippen LogP contribution in [0.15, 0.2) is 91.0 Å². The van der Waals surface area contributed by atoms with Crippen molar-refractivity contribution >= 4 is 52.5 Å². The second-order valence-electron chi connectivity index (χ2n) is 17.0. The van der Waals surface area contributed by atoms with Gasteiger partial charge in [-0.05, 0) is 125 Å². The van der Waals surface area contributed by atoms with Crippen molar-refractivity contribution in [1.82, 2.24) is 0 Å². The fourth-order valence-corrected chi connectivity index (χ4v) is 13.9. The molecule has 6 amide bonds. The number of para-hydroxylation sites is 3. The van der Waals surface area contributed by atoms with Crippen LogP contribution in [0.4, 0.5) is 17.1 Å². The Morgan fingerprint density at radius 2 is 0.481 bits per heavy atom. The number of anilines is 3. The molecule has 6 fully saturated rings. The Hall–Kier alpha value is -5.70. The lowest BCUT2D eigenvalue weighted by molar-refractivity contribution is -0.124. The number of carbonyl (C=O) groups excluding carboxylic acids is 6. The SMILES string of the molecule is O=C1C2C(C(=O)N1c1ccccc1)[C@H]1C[C@@H]2c2c3c(c4c(c21)[C@H]1C[C@@H]4C2C(=O)N(c4ccccc4)C(=O)C21)[C@@H]1C[C@H]3C2C(=O)N(c3ccccc3)C(=O)C21. The van der Waals surface area contributed by atoms with Crippen molar-refractivity contribution in [2.24, 2.45) is 35.5 Å². The smallest absolute Gasteiger partial charge is 0.238 e. The van der Waals surface area contributed by atoms with E-state index in [4.69, 9.17) is 0 Å². The summed E-state index contributed by atoms with van der Waals surface area (Å²) < 4.78 is 0. The summed E-state index contributed by atoms with van der Waals surface area (Å²) in [5, 5.41) is 0. The standard InChI is InChI=1S/C45H33N3O6/c49-40-34-22-16-23(35(34)41(50)46(40)19-10-4-1-5-11-19)29-28(22)30-24-17-26(38-36(24)42(51)47(44(38)53)20-12-6-2-7-13-20)32(30)33-27-18-25(31(29)33)37-39(27)45(54)48(43(37)52)21-14-8-3-9-15-21/h1-15,22-27,34-39H,16-18H2/t22-,23+,24-,25-,26+,27+,34?,35?,36?,37?,38?,39?. The maximum absolute atomic E-state index is 14.4. The largest absolute Gasteiger partial charge is 0.274 e. The molecule has 3 heterocycles. The molecule has 0 radical (unpaired) electrons. The van der Waals surface area contributed by atoms with E-state index in [1.54, 1.807) is 0 Å². The summed E-state index contributed by atoms with van der Waals surface area (Å²) in [5.41, 5.74) is 8.47. The second kappa shape index (κ2) is 9.69. The van der Waals surface area contributed by atoms with E-state index in [1.165, 1.54) is 14.7 Å². The Morgan fingerprint density at radius 1 is 0.296 bits per heavy atom. The van der Waals surface area contributed by atoms with Gasteiger partial charge in [0, 0.05) is 0 Å². The quantitative estimate of drug-likeness (QED) is 0.247. The number of hydrogen-bond donors (Lipinski definition) is 0. The Balaban J connectivity index is 1.01. The molecule has 264 valence electrons. The van der Waals surface area contributed by atoms with Crippen LogP contribution >= 0.6 is 0 Å². The molecular formula is C45H33N3O6. The number of hydrogen-bond acceptors (Lipinski definition) is 6. The molecule has 0 spiro atoms. The van der Waals surface area contributed by atoms with Crippen molar-refractivity contribution in [2.45, 2.75) is 54.8 Å². The van der Waals surface area contributed by atoms with Crippen molar-refractivity contribution in [2.75, 3.05) is 14.7 Å². The summed E-state index contributed by atoms with van der Waals surface area (Å²) in [4.78, 5) is 90.6. The fourth-order valence-electron chi connectivity index (χ4n) is 13.9. The zero-order chi connectivity index (χ0) is 36.0. The Labute approximate surface area is 309 Å². The highest BCUT2D eigenvalue weighted by atomic mass is 16.2. The zero-order valence-electron chi connectivity index (χ0n) is 29.0. The number of carbonyl (C=O) groups is 6. The van der Waals surface area contributed by atoms with Crippen molar-refractivity contribution in [1.29, 1.82) is 0 Å². The van der Waals surface area contributed by atoms with Crippen LogP contribution in [-0.2, 0) is 28.8 Å².